The fourth-order valence-electron chi connectivity index (χ4n) is 3.36. The van der Waals surface area contributed by atoms with Gasteiger partial charge in [0.15, 0.2) is 5.76 Å². The Kier molecular flexibility index (Phi) is 6.11. The number of benzene rings is 2. The third-order valence-corrected chi connectivity index (χ3v) is 4.98. The van der Waals surface area contributed by atoms with Gasteiger partial charge in [-0.2, -0.15) is 0 Å². The summed E-state index contributed by atoms with van der Waals surface area (Å²) in [6.45, 7) is 2.70. The Hall–Kier alpha value is -3.16. The number of fused-ring (bicyclic) bond motifs is 1. The molecule has 0 bridgehead atoms. The number of aliphatic hydroxyl groups is 1. The van der Waals surface area contributed by atoms with E-state index >= 15 is 0 Å². The van der Waals surface area contributed by atoms with Crippen molar-refractivity contribution >= 4 is 16.9 Å². The van der Waals surface area contributed by atoms with Crippen LogP contribution in [0.25, 0.3) is 11.0 Å². The van der Waals surface area contributed by atoms with Crippen LogP contribution in [0.5, 0.6) is 0 Å². The second-order valence-electron chi connectivity index (χ2n) is 7.46. The molecule has 1 amide bonds. The van der Waals surface area contributed by atoms with Crippen LogP contribution in [0, 0.1) is 5.92 Å². The molecule has 1 aliphatic heterocycles. The van der Waals surface area contributed by atoms with E-state index in [0.29, 0.717) is 18.9 Å². The van der Waals surface area contributed by atoms with E-state index in [1.807, 2.05) is 61.5 Å². The number of para-hydroxylation sites is 2. The van der Waals surface area contributed by atoms with Crippen molar-refractivity contribution in [2.24, 2.45) is 5.92 Å². The molecule has 1 aliphatic rings. The normalized spacial score (nSPS) is 18.7. The fourth-order valence-corrected chi connectivity index (χ4v) is 3.36. The topological polar surface area (TPSA) is 96.5 Å². The maximum absolute atomic E-state index is 12.6. The van der Waals surface area contributed by atoms with E-state index in [1.54, 1.807) is 0 Å². The fraction of sp³-hybridized carbons (Fsp3) is 0.304. The van der Waals surface area contributed by atoms with Crippen LogP contribution in [-0.4, -0.2) is 27.3 Å². The minimum atomic E-state index is -0.491. The Labute approximate surface area is 174 Å². The van der Waals surface area contributed by atoms with E-state index in [2.05, 4.69) is 15.3 Å². The Morgan fingerprint density at radius 3 is 2.77 bits per heavy atom. The Balaban J connectivity index is 1.31. The molecule has 0 spiro atoms. The van der Waals surface area contributed by atoms with Crippen molar-refractivity contribution in [2.45, 2.75) is 39.4 Å². The van der Waals surface area contributed by atoms with Crippen molar-refractivity contribution in [3.05, 3.63) is 77.3 Å². The van der Waals surface area contributed by atoms with Gasteiger partial charge in [-0.25, -0.2) is 4.98 Å². The van der Waals surface area contributed by atoms with Crippen LogP contribution in [0.3, 0.4) is 0 Å². The van der Waals surface area contributed by atoms with Gasteiger partial charge in [0.05, 0.1) is 30.8 Å². The first-order valence-electron chi connectivity index (χ1n) is 10.0. The number of aromatic amines is 1. The molecule has 156 valence electrons. The van der Waals surface area contributed by atoms with Crippen molar-refractivity contribution < 1.29 is 19.4 Å². The Bertz CT molecular complexity index is 1010. The summed E-state index contributed by atoms with van der Waals surface area (Å²) in [5.41, 5.74) is 3.63. The minimum Gasteiger partial charge on any atom is -0.459 e. The first kappa shape index (κ1) is 20.1. The number of H-pyrrole nitrogens is 1. The molecular formula is C23H25N3O4. The zero-order valence-corrected chi connectivity index (χ0v) is 16.8. The maximum atomic E-state index is 12.6. The van der Waals surface area contributed by atoms with E-state index in [1.165, 1.54) is 0 Å². The lowest BCUT2D eigenvalue weighted by atomic mass is 10.0. The SMILES string of the molecule is C[C@H]1C=C(C(=O)NCc2nc3ccccc3[nH]2)O[C@@H](OCc2ccc(CO)cc2)C1. The molecule has 0 fully saturated rings. The first-order chi connectivity index (χ1) is 14.6. The van der Waals surface area contributed by atoms with Gasteiger partial charge in [-0.15, -0.1) is 0 Å². The number of allylic oxidation sites excluding steroid dienone is 1. The Morgan fingerprint density at radius 1 is 1.23 bits per heavy atom. The van der Waals surface area contributed by atoms with Crippen molar-refractivity contribution in [3.8, 4) is 0 Å². The second kappa shape index (κ2) is 9.11. The van der Waals surface area contributed by atoms with Crippen molar-refractivity contribution in [1.82, 2.24) is 15.3 Å². The van der Waals surface area contributed by atoms with E-state index in [0.717, 1.165) is 22.2 Å². The molecule has 7 nitrogen and oxygen atoms in total. The molecule has 7 heteroatoms. The smallest absolute Gasteiger partial charge is 0.286 e. The van der Waals surface area contributed by atoms with Crippen molar-refractivity contribution in [3.63, 3.8) is 0 Å². The summed E-state index contributed by atoms with van der Waals surface area (Å²) in [6, 6.07) is 15.3. The number of nitrogens with one attached hydrogen (secondary N) is 2. The molecule has 0 saturated heterocycles. The van der Waals surface area contributed by atoms with Gasteiger partial charge in [-0.3, -0.25) is 4.79 Å². The molecule has 30 heavy (non-hydrogen) atoms. The molecular weight excluding hydrogens is 382 g/mol. The molecule has 2 aromatic carbocycles. The summed E-state index contributed by atoms with van der Waals surface area (Å²) >= 11 is 0. The zero-order chi connectivity index (χ0) is 20.9. The molecule has 4 rings (SSSR count). The molecule has 0 unspecified atom stereocenters. The highest BCUT2D eigenvalue weighted by atomic mass is 16.7. The van der Waals surface area contributed by atoms with Gasteiger partial charge in [0.25, 0.3) is 5.91 Å². The quantitative estimate of drug-likeness (QED) is 0.559. The zero-order valence-electron chi connectivity index (χ0n) is 16.8. The first-order valence-corrected chi connectivity index (χ1v) is 10.0. The highest BCUT2D eigenvalue weighted by Gasteiger charge is 2.25. The number of carbonyl (C=O) groups is 1. The summed E-state index contributed by atoms with van der Waals surface area (Å²) in [6.07, 6.45) is 2.01. The lowest BCUT2D eigenvalue weighted by molar-refractivity contribution is -0.152. The largest absolute Gasteiger partial charge is 0.459 e. The average molecular weight is 407 g/mol. The number of hydrogen-bond acceptors (Lipinski definition) is 5. The van der Waals surface area contributed by atoms with Gasteiger partial charge in [0, 0.05) is 6.42 Å². The number of amides is 1. The number of imidazole rings is 1. The van der Waals surface area contributed by atoms with Gasteiger partial charge in [0.2, 0.25) is 6.29 Å². The highest BCUT2D eigenvalue weighted by Crippen LogP contribution is 2.24. The number of aromatic nitrogens is 2. The lowest BCUT2D eigenvalue weighted by Gasteiger charge is -2.27. The molecule has 3 aromatic rings. The van der Waals surface area contributed by atoms with Crippen LogP contribution in [-0.2, 0) is 34.0 Å². The van der Waals surface area contributed by atoms with Crippen molar-refractivity contribution in [1.29, 1.82) is 0 Å². The molecule has 0 aliphatic carbocycles. The Morgan fingerprint density at radius 2 is 2.00 bits per heavy atom. The minimum absolute atomic E-state index is 0.0156. The molecule has 1 aromatic heterocycles. The van der Waals surface area contributed by atoms with Crippen LogP contribution < -0.4 is 5.32 Å². The van der Waals surface area contributed by atoms with Crippen LogP contribution in [0.2, 0.25) is 0 Å². The third-order valence-electron chi connectivity index (χ3n) is 4.98. The summed E-state index contributed by atoms with van der Waals surface area (Å²) in [7, 11) is 0. The molecule has 2 heterocycles. The van der Waals surface area contributed by atoms with Gasteiger partial charge < -0.3 is 24.9 Å². The van der Waals surface area contributed by atoms with Gasteiger partial charge in [-0.1, -0.05) is 43.3 Å². The predicted octanol–water partition coefficient (Wildman–Crippen LogP) is 3.15. The maximum Gasteiger partial charge on any atom is 0.286 e. The molecule has 0 radical (unpaired) electrons. The summed E-state index contributed by atoms with van der Waals surface area (Å²) in [5, 5.41) is 12.0. The molecule has 2 atom stereocenters. The van der Waals surface area contributed by atoms with Gasteiger partial charge in [-0.05, 0) is 35.3 Å². The summed E-state index contributed by atoms with van der Waals surface area (Å²) in [4.78, 5) is 20.3. The number of aliphatic hydroxyl groups excluding tert-OH is 1. The summed E-state index contributed by atoms with van der Waals surface area (Å²) in [5.74, 6) is 0.828. The molecule has 3 N–H and O–H groups in total. The van der Waals surface area contributed by atoms with Gasteiger partial charge >= 0.3 is 0 Å². The number of carbonyl (C=O) groups excluding carboxylic acids is 1. The number of nitrogens with zero attached hydrogens (tertiary/aromatic N) is 1. The standard InChI is InChI=1S/C23H25N3O4/c1-15-10-20(23(28)24-12-21-25-18-4-2-3-5-19(18)26-21)30-22(11-15)29-14-17-8-6-16(13-27)7-9-17/h2-10,15,22,27H,11-14H2,1H3,(H,24,28)(H,25,26)/t15-,22+/m0/s1. The van der Waals surface area contributed by atoms with E-state index < -0.39 is 6.29 Å². The summed E-state index contributed by atoms with van der Waals surface area (Å²) < 4.78 is 11.7. The number of hydrogen-bond donors (Lipinski definition) is 3. The van der Waals surface area contributed by atoms with Crippen LogP contribution in [0.4, 0.5) is 0 Å². The van der Waals surface area contributed by atoms with Crippen LogP contribution in [0.1, 0.15) is 30.3 Å². The monoisotopic (exact) mass is 407 g/mol. The lowest BCUT2D eigenvalue weighted by Crippen LogP contribution is -2.32. The number of ether oxygens (including phenoxy) is 2. The average Bonchev–Trinajstić information content (AvgIpc) is 3.19. The predicted molar refractivity (Wildman–Crippen MR) is 112 cm³/mol. The molecule has 0 saturated carbocycles. The number of rotatable bonds is 7. The van der Waals surface area contributed by atoms with Crippen LogP contribution in [0.15, 0.2) is 60.4 Å². The van der Waals surface area contributed by atoms with E-state index in [9.17, 15) is 4.79 Å². The van der Waals surface area contributed by atoms with E-state index in [4.69, 9.17) is 14.6 Å². The van der Waals surface area contributed by atoms with Gasteiger partial charge in [0.1, 0.15) is 5.82 Å². The third kappa shape index (κ3) is 4.87. The van der Waals surface area contributed by atoms with Crippen molar-refractivity contribution in [2.75, 3.05) is 0 Å². The second-order valence-corrected chi connectivity index (χ2v) is 7.46. The van der Waals surface area contributed by atoms with Crippen LogP contribution >= 0.6 is 0 Å². The highest BCUT2D eigenvalue weighted by molar-refractivity contribution is 5.91. The van der Waals surface area contributed by atoms with E-state index in [-0.39, 0.29) is 30.7 Å².